The van der Waals surface area contributed by atoms with Crippen molar-refractivity contribution in [3.05, 3.63) is 73.5 Å². The normalized spacial score (nSPS) is 15.7. The van der Waals surface area contributed by atoms with Crippen LogP contribution in [0.3, 0.4) is 0 Å². The Labute approximate surface area is 172 Å². The molecule has 0 unspecified atom stereocenters. The lowest BCUT2D eigenvalue weighted by Gasteiger charge is -2.37. The number of aromatic hydroxyl groups is 1. The van der Waals surface area contributed by atoms with E-state index in [0.717, 1.165) is 48.9 Å². The number of nitrogens with zero attached hydrogens (tertiary/aromatic N) is 4. The van der Waals surface area contributed by atoms with Crippen molar-refractivity contribution in [3.63, 3.8) is 0 Å². The Balaban J connectivity index is 1.78. The second-order valence-corrected chi connectivity index (χ2v) is 7.66. The molecule has 7 nitrogen and oxygen atoms in total. The summed E-state index contributed by atoms with van der Waals surface area (Å²) in [5, 5.41) is 10.9. The molecular formula is C23H20N4O3. The zero-order valence-corrected chi connectivity index (χ0v) is 16.4. The Hall–Kier alpha value is -3.79. The maximum atomic E-state index is 13.2. The van der Waals surface area contributed by atoms with Gasteiger partial charge < -0.3 is 14.4 Å². The first-order valence-corrected chi connectivity index (χ1v) is 9.95. The van der Waals surface area contributed by atoms with Crippen molar-refractivity contribution in [3.8, 4) is 11.9 Å². The molecule has 0 atom stereocenters. The van der Waals surface area contributed by atoms with E-state index in [9.17, 15) is 9.90 Å². The van der Waals surface area contributed by atoms with E-state index in [1.165, 1.54) is 29.3 Å². The number of pyridine rings is 1. The van der Waals surface area contributed by atoms with Crippen molar-refractivity contribution >= 4 is 24.0 Å². The van der Waals surface area contributed by atoms with E-state index in [0.29, 0.717) is 0 Å². The predicted octanol–water partition coefficient (Wildman–Crippen LogP) is 2.02. The molecule has 0 amide bonds. The minimum atomic E-state index is -0.527. The number of benzene rings is 1. The van der Waals surface area contributed by atoms with Gasteiger partial charge in [0, 0.05) is 24.0 Å². The standard InChI is InChI=1S/C23H20N4O3/c1-14-18(21(28)27(22(29)19(14)24-2)23-25-7-10-30-23)13-15-11-16-5-3-8-26-9-4-6-17(12-15)20(16)26/h7,10-13,29H,1,3-6,8-9H2. The predicted molar refractivity (Wildman–Crippen MR) is 114 cm³/mol. The number of rotatable bonds is 2. The average molecular weight is 400 g/mol. The van der Waals surface area contributed by atoms with Gasteiger partial charge in [-0.05, 0) is 65.8 Å². The summed E-state index contributed by atoms with van der Waals surface area (Å²) in [5.74, 6) is -0.518. The zero-order valence-electron chi connectivity index (χ0n) is 16.4. The minimum absolute atomic E-state index is 0.0896. The Morgan fingerprint density at radius 3 is 2.53 bits per heavy atom. The maximum absolute atomic E-state index is 13.2. The number of oxazole rings is 1. The highest BCUT2D eigenvalue weighted by molar-refractivity contribution is 5.68. The molecule has 1 N–H and O–H groups in total. The Morgan fingerprint density at radius 1 is 1.23 bits per heavy atom. The molecule has 2 aliphatic heterocycles. The molecule has 2 aliphatic rings. The summed E-state index contributed by atoms with van der Waals surface area (Å²) in [5.41, 5.74) is 4.23. The quantitative estimate of drug-likeness (QED) is 0.666. The first kappa shape index (κ1) is 18.3. The summed E-state index contributed by atoms with van der Waals surface area (Å²) in [7, 11) is 0. The third kappa shape index (κ3) is 2.72. The molecule has 0 saturated carbocycles. The minimum Gasteiger partial charge on any atom is -0.502 e. The van der Waals surface area contributed by atoms with Crippen molar-refractivity contribution in [2.45, 2.75) is 25.7 Å². The van der Waals surface area contributed by atoms with Crippen molar-refractivity contribution in [1.82, 2.24) is 9.55 Å². The molecule has 0 fully saturated rings. The van der Waals surface area contributed by atoms with Gasteiger partial charge >= 0.3 is 6.01 Å². The molecule has 0 saturated heterocycles. The fourth-order valence-electron chi connectivity index (χ4n) is 4.56. The highest BCUT2D eigenvalue weighted by Gasteiger charge is 2.24. The summed E-state index contributed by atoms with van der Waals surface area (Å²) < 4.78 is 6.12. The molecule has 30 heavy (non-hydrogen) atoms. The van der Waals surface area contributed by atoms with Crippen LogP contribution >= 0.6 is 0 Å². The van der Waals surface area contributed by atoms with Crippen LogP contribution in [0.25, 0.3) is 23.5 Å². The summed E-state index contributed by atoms with van der Waals surface area (Å²) in [6, 6.07) is 4.15. The smallest absolute Gasteiger partial charge is 0.310 e. The van der Waals surface area contributed by atoms with E-state index >= 15 is 0 Å². The summed E-state index contributed by atoms with van der Waals surface area (Å²) in [6.45, 7) is 13.6. The van der Waals surface area contributed by atoms with E-state index in [-0.39, 0.29) is 22.1 Å². The lowest BCUT2D eigenvalue weighted by molar-refractivity contribution is 0.414. The first-order valence-electron chi connectivity index (χ1n) is 9.95. The summed E-state index contributed by atoms with van der Waals surface area (Å²) in [4.78, 5) is 23.0. The van der Waals surface area contributed by atoms with Gasteiger partial charge in [0.2, 0.25) is 5.88 Å². The molecule has 5 rings (SSSR count). The van der Waals surface area contributed by atoms with Gasteiger partial charge in [-0.2, -0.15) is 0 Å². The average Bonchev–Trinajstić information content (AvgIpc) is 3.26. The zero-order chi connectivity index (χ0) is 20.8. The largest absolute Gasteiger partial charge is 0.502 e. The van der Waals surface area contributed by atoms with Gasteiger partial charge in [0.1, 0.15) is 6.26 Å². The number of aromatic nitrogens is 2. The van der Waals surface area contributed by atoms with Crippen molar-refractivity contribution in [2.24, 2.45) is 0 Å². The van der Waals surface area contributed by atoms with Crippen LogP contribution in [0.2, 0.25) is 0 Å². The maximum Gasteiger partial charge on any atom is 0.310 e. The summed E-state index contributed by atoms with van der Waals surface area (Å²) in [6.07, 6.45) is 8.70. The first-order chi connectivity index (χ1) is 14.6. The second-order valence-electron chi connectivity index (χ2n) is 7.66. The van der Waals surface area contributed by atoms with Gasteiger partial charge in [-0.15, -0.1) is 6.58 Å². The van der Waals surface area contributed by atoms with Crippen molar-refractivity contribution in [1.29, 1.82) is 0 Å². The van der Waals surface area contributed by atoms with Crippen molar-refractivity contribution < 1.29 is 9.52 Å². The van der Waals surface area contributed by atoms with Crippen LogP contribution in [0, 0.1) is 6.57 Å². The van der Waals surface area contributed by atoms with Gasteiger partial charge in [0.15, 0.2) is 0 Å². The number of anilines is 1. The molecule has 0 radical (unpaired) electrons. The molecule has 0 spiro atoms. The number of hydrogen-bond donors (Lipinski definition) is 1. The number of hydrogen-bond acceptors (Lipinski definition) is 5. The van der Waals surface area contributed by atoms with Crippen LogP contribution in [-0.2, 0) is 12.8 Å². The molecule has 3 aromatic rings. The molecule has 0 bridgehead atoms. The van der Waals surface area contributed by atoms with Gasteiger partial charge in [-0.25, -0.2) is 14.4 Å². The molecule has 7 heteroatoms. The number of aryl methyl sites for hydroxylation is 2. The fourth-order valence-corrected chi connectivity index (χ4v) is 4.56. The third-order valence-electron chi connectivity index (χ3n) is 5.86. The van der Waals surface area contributed by atoms with Gasteiger partial charge in [0.25, 0.3) is 11.2 Å². The van der Waals surface area contributed by atoms with Gasteiger partial charge in [0.05, 0.1) is 12.8 Å². The monoisotopic (exact) mass is 400 g/mol. The lowest BCUT2D eigenvalue weighted by Crippen LogP contribution is -2.44. The molecule has 2 aromatic heterocycles. The van der Waals surface area contributed by atoms with Crippen LogP contribution in [0.5, 0.6) is 5.88 Å². The molecule has 0 aliphatic carbocycles. The highest BCUT2D eigenvalue weighted by Crippen LogP contribution is 2.36. The Bertz CT molecular complexity index is 1330. The van der Waals surface area contributed by atoms with E-state index < -0.39 is 11.4 Å². The van der Waals surface area contributed by atoms with Crippen LogP contribution in [-0.4, -0.2) is 27.7 Å². The highest BCUT2D eigenvalue weighted by atomic mass is 16.4. The molecule has 1 aromatic carbocycles. The van der Waals surface area contributed by atoms with Crippen LogP contribution < -0.4 is 20.9 Å². The Morgan fingerprint density at radius 2 is 1.93 bits per heavy atom. The molecular weight excluding hydrogens is 380 g/mol. The molecule has 150 valence electrons. The molecule has 4 heterocycles. The fraction of sp³-hybridized carbons (Fsp3) is 0.261. The van der Waals surface area contributed by atoms with Crippen LogP contribution in [0.1, 0.15) is 29.5 Å². The van der Waals surface area contributed by atoms with Crippen LogP contribution in [0.4, 0.5) is 11.4 Å². The lowest BCUT2D eigenvalue weighted by atomic mass is 9.90. The van der Waals surface area contributed by atoms with E-state index in [2.05, 4.69) is 33.4 Å². The van der Waals surface area contributed by atoms with Crippen LogP contribution in [0.15, 0.2) is 33.8 Å². The van der Waals surface area contributed by atoms with Crippen molar-refractivity contribution in [2.75, 3.05) is 18.0 Å². The van der Waals surface area contributed by atoms with Gasteiger partial charge in [-0.3, -0.25) is 4.79 Å². The third-order valence-corrected chi connectivity index (χ3v) is 5.86. The summed E-state index contributed by atoms with van der Waals surface area (Å²) >= 11 is 0. The SMILES string of the molecule is [C-]#[N+]c1c(O)n(-c2ncco2)c(=O)c(=Cc2cc3c4c(c2)CCCN4CCC3)c1=C. The van der Waals surface area contributed by atoms with E-state index in [1.807, 2.05) is 0 Å². The van der Waals surface area contributed by atoms with E-state index in [1.54, 1.807) is 6.08 Å². The Kier molecular flexibility index (Phi) is 4.21. The van der Waals surface area contributed by atoms with Gasteiger partial charge in [-0.1, -0.05) is 0 Å². The second kappa shape index (κ2) is 6.92. The topological polar surface area (TPSA) is 75.9 Å². The van der Waals surface area contributed by atoms with E-state index in [4.69, 9.17) is 11.0 Å².